The van der Waals surface area contributed by atoms with E-state index in [9.17, 15) is 28.8 Å². The van der Waals surface area contributed by atoms with E-state index in [0.717, 1.165) is 18.4 Å². The smallest absolute Gasteiger partial charge is 0.356 e. The van der Waals surface area contributed by atoms with Gasteiger partial charge in [0.25, 0.3) is 6.10 Å². The molecule has 3 aromatic rings. The molecular formula is C38H47N7O9. The Kier molecular flexibility index (Phi) is 13.4. The van der Waals surface area contributed by atoms with E-state index in [2.05, 4.69) is 25.9 Å². The summed E-state index contributed by atoms with van der Waals surface area (Å²) >= 11 is 0. The number of hydrogen-bond donors (Lipinski definition) is 6. The van der Waals surface area contributed by atoms with Crippen LogP contribution in [0.3, 0.4) is 0 Å². The maximum atomic E-state index is 14.3. The Morgan fingerprint density at radius 3 is 2.26 bits per heavy atom. The molecule has 16 heteroatoms. The third kappa shape index (κ3) is 10.2. The van der Waals surface area contributed by atoms with Crippen LogP contribution < -0.4 is 20.7 Å². The topological polar surface area (TPSA) is 223 Å². The largest absolute Gasteiger partial charge is 0.478 e. The highest BCUT2D eigenvalue weighted by atomic mass is 16.5. The average Bonchev–Trinajstić information content (AvgIpc) is 3.82. The van der Waals surface area contributed by atoms with Crippen LogP contribution in [0.2, 0.25) is 0 Å². The molecule has 0 saturated carbocycles. The zero-order chi connectivity index (χ0) is 38.8. The zero-order valence-corrected chi connectivity index (χ0v) is 30.3. The summed E-state index contributed by atoms with van der Waals surface area (Å²) in [7, 11) is 3.47. The fourth-order valence-electron chi connectivity index (χ4n) is 6.97. The summed E-state index contributed by atoms with van der Waals surface area (Å²) < 4.78 is 5.09. The van der Waals surface area contributed by atoms with E-state index in [0.29, 0.717) is 36.9 Å². The number of imidazole rings is 1. The summed E-state index contributed by atoms with van der Waals surface area (Å²) in [5, 5.41) is 27.0. The van der Waals surface area contributed by atoms with Gasteiger partial charge in [-0.05, 0) is 69.5 Å². The van der Waals surface area contributed by atoms with Crippen molar-refractivity contribution in [3.63, 3.8) is 0 Å². The van der Waals surface area contributed by atoms with Crippen LogP contribution in [0.25, 0.3) is 0 Å². The van der Waals surface area contributed by atoms with Crippen LogP contribution in [0.4, 0.5) is 0 Å². The first kappa shape index (κ1) is 39.4. The molecule has 2 aliphatic heterocycles. The monoisotopic (exact) mass is 745 g/mol. The molecule has 0 spiro atoms. The molecular weight excluding hydrogens is 698 g/mol. The maximum absolute atomic E-state index is 14.3. The lowest BCUT2D eigenvalue weighted by atomic mass is 9.98. The van der Waals surface area contributed by atoms with Crippen molar-refractivity contribution >= 4 is 35.6 Å². The molecule has 4 amide bonds. The summed E-state index contributed by atoms with van der Waals surface area (Å²) in [6.45, 7) is 0.278. The van der Waals surface area contributed by atoms with Crippen molar-refractivity contribution in [1.82, 2.24) is 35.7 Å². The Bertz CT molecular complexity index is 1750. The molecule has 2 saturated heterocycles. The van der Waals surface area contributed by atoms with Gasteiger partial charge in [-0.25, -0.2) is 14.6 Å². The number of fused-ring (bicyclic) bond motifs is 1. The molecule has 0 aliphatic carbocycles. The predicted molar refractivity (Wildman–Crippen MR) is 194 cm³/mol. The Balaban J connectivity index is 1.26. The number of carboxylic acid groups (broad SMARTS) is 2. The van der Waals surface area contributed by atoms with Crippen molar-refractivity contribution in [3.8, 4) is 5.75 Å². The number of carboxylic acids is 2. The van der Waals surface area contributed by atoms with Gasteiger partial charge in [-0.3, -0.25) is 24.1 Å². The first-order chi connectivity index (χ1) is 25.9. The third-order valence-electron chi connectivity index (χ3n) is 9.86. The van der Waals surface area contributed by atoms with Crippen LogP contribution in [-0.2, 0) is 48.2 Å². The Hall–Kier alpha value is -5.77. The summed E-state index contributed by atoms with van der Waals surface area (Å²) in [4.78, 5) is 88.2. The Morgan fingerprint density at radius 1 is 0.907 bits per heavy atom. The van der Waals surface area contributed by atoms with Crippen LogP contribution in [0.1, 0.15) is 55.3 Å². The van der Waals surface area contributed by atoms with Crippen LogP contribution in [0.15, 0.2) is 67.1 Å². The molecule has 54 heavy (non-hydrogen) atoms. The normalized spacial score (nSPS) is 19.6. The quantitative estimate of drug-likeness (QED) is 0.115. The number of likely N-dealkylation sites (N-methyl/N-ethyl adjacent to an activating group) is 1. The second-order valence-corrected chi connectivity index (χ2v) is 13.9. The molecule has 5 atom stereocenters. The zero-order valence-electron chi connectivity index (χ0n) is 30.3. The maximum Gasteiger partial charge on any atom is 0.356 e. The summed E-state index contributed by atoms with van der Waals surface area (Å²) in [6, 6.07) is 12.0. The molecule has 1 aromatic heterocycles. The van der Waals surface area contributed by atoms with Gasteiger partial charge in [0.15, 0.2) is 0 Å². The van der Waals surface area contributed by atoms with Crippen molar-refractivity contribution in [3.05, 3.63) is 83.9 Å². The molecule has 2 aliphatic rings. The molecule has 1 unspecified atom stereocenters. The molecule has 0 bridgehead atoms. The van der Waals surface area contributed by atoms with Gasteiger partial charge >= 0.3 is 11.9 Å². The van der Waals surface area contributed by atoms with Crippen molar-refractivity contribution in [2.45, 2.75) is 94.2 Å². The van der Waals surface area contributed by atoms with E-state index >= 15 is 0 Å². The summed E-state index contributed by atoms with van der Waals surface area (Å²) in [6.07, 6.45) is 5.12. The lowest BCUT2D eigenvalue weighted by Crippen LogP contribution is -2.59. The van der Waals surface area contributed by atoms with E-state index in [1.807, 2.05) is 30.3 Å². The molecule has 16 nitrogen and oxygen atoms in total. The Labute approximate surface area is 312 Å². The van der Waals surface area contributed by atoms with E-state index < -0.39 is 48.1 Å². The van der Waals surface area contributed by atoms with Crippen LogP contribution >= 0.6 is 0 Å². The van der Waals surface area contributed by atoms with Gasteiger partial charge in [0, 0.05) is 30.9 Å². The standard InChI is InChI=1S/C38H47N7O9/c1-44(2)31(18-23-12-15-27(16-13-23)54-32(37(50)51)38(52)53)35(48)42-28-11-7-6-10-26-14-17-30(45(26)36(28)49)34(47)43-29(19-25-21-39-22-41-25)33(46)40-20-24-8-4-3-5-9-24/h3-5,8-9,12-13,15-16,21-22,26,28-32H,6-7,10-11,14,17-20H2,1-2H3,(H,39,41)(H,40,46)(H,42,48)(H,43,47)(H,50,51)(H,52,53)/t26?,28-,29-,30-,31-/m0/s1. The van der Waals surface area contributed by atoms with Gasteiger partial charge in [-0.1, -0.05) is 55.3 Å². The molecule has 5 rings (SSSR count). The third-order valence-corrected chi connectivity index (χ3v) is 9.86. The van der Waals surface area contributed by atoms with Gasteiger partial charge < -0.3 is 40.8 Å². The minimum Gasteiger partial charge on any atom is -0.478 e. The van der Waals surface area contributed by atoms with E-state index in [1.54, 1.807) is 42.2 Å². The first-order valence-electron chi connectivity index (χ1n) is 18.0. The number of rotatable bonds is 16. The van der Waals surface area contributed by atoms with Crippen LogP contribution in [0, 0.1) is 0 Å². The van der Waals surface area contributed by atoms with Crippen molar-refractivity contribution < 1.29 is 43.7 Å². The number of carbonyl (C=O) groups is 6. The molecule has 6 N–H and O–H groups in total. The van der Waals surface area contributed by atoms with Gasteiger partial charge in [-0.2, -0.15) is 0 Å². The number of nitrogens with one attached hydrogen (secondary N) is 4. The molecule has 288 valence electrons. The van der Waals surface area contributed by atoms with E-state index in [-0.39, 0.29) is 48.9 Å². The number of aliphatic carboxylic acids is 2. The van der Waals surface area contributed by atoms with Crippen molar-refractivity contribution in [2.75, 3.05) is 14.1 Å². The fraction of sp³-hybridized carbons (Fsp3) is 0.447. The van der Waals surface area contributed by atoms with Gasteiger partial charge in [-0.15, -0.1) is 0 Å². The van der Waals surface area contributed by atoms with E-state index in [4.69, 9.17) is 14.9 Å². The van der Waals surface area contributed by atoms with Crippen molar-refractivity contribution in [2.24, 2.45) is 0 Å². The fourth-order valence-corrected chi connectivity index (χ4v) is 6.97. The Morgan fingerprint density at radius 2 is 1.61 bits per heavy atom. The lowest BCUT2D eigenvalue weighted by molar-refractivity contribution is -0.159. The van der Waals surface area contributed by atoms with Crippen LogP contribution in [0.5, 0.6) is 5.75 Å². The highest BCUT2D eigenvalue weighted by molar-refractivity contribution is 5.97. The minimum atomic E-state index is -2.06. The number of aromatic nitrogens is 2. The average molecular weight is 746 g/mol. The number of benzene rings is 2. The number of nitrogens with zero attached hydrogens (tertiary/aromatic N) is 3. The van der Waals surface area contributed by atoms with Gasteiger partial charge in [0.05, 0.1) is 12.4 Å². The first-order valence-corrected chi connectivity index (χ1v) is 18.0. The van der Waals surface area contributed by atoms with E-state index in [1.165, 1.54) is 18.5 Å². The second kappa shape index (κ2) is 18.3. The van der Waals surface area contributed by atoms with Gasteiger partial charge in [0.1, 0.15) is 23.9 Å². The predicted octanol–water partition coefficient (Wildman–Crippen LogP) is 1.26. The van der Waals surface area contributed by atoms with Gasteiger partial charge in [0.2, 0.25) is 23.6 Å². The molecule has 2 fully saturated rings. The summed E-state index contributed by atoms with van der Waals surface area (Å²) in [5.74, 6) is -4.77. The molecule has 3 heterocycles. The van der Waals surface area contributed by atoms with Crippen molar-refractivity contribution in [1.29, 1.82) is 0 Å². The summed E-state index contributed by atoms with van der Waals surface area (Å²) in [5.41, 5.74) is 2.26. The SMILES string of the molecule is CN(C)[C@@H](Cc1ccc(OC(C(=O)O)C(=O)O)cc1)C(=O)N[C@H]1CCCCC2CC[C@@H](C(=O)N[C@@H](Cc3cnc[nH]3)C(=O)NCc3ccccc3)N2C1=O. The lowest BCUT2D eigenvalue weighted by Gasteiger charge is -2.36. The second-order valence-electron chi connectivity index (χ2n) is 13.9. The van der Waals surface area contributed by atoms with Crippen LogP contribution in [-0.4, -0.2) is 116 Å². The number of aromatic amines is 1. The minimum absolute atomic E-state index is 0.0405. The molecule has 2 aromatic carbocycles. The number of carbonyl (C=O) groups excluding carboxylic acids is 4. The molecule has 0 radical (unpaired) electrons. The number of hydrogen-bond acceptors (Lipinski definition) is 9. The number of amides is 4. The highest BCUT2D eigenvalue weighted by Gasteiger charge is 2.45. The highest BCUT2D eigenvalue weighted by Crippen LogP contribution is 2.31. The number of ether oxygens (including phenoxy) is 1. The number of H-pyrrole nitrogens is 1.